The Morgan fingerprint density at radius 1 is 1.42 bits per heavy atom. The third-order valence-corrected chi connectivity index (χ3v) is 2.98. The smallest absolute Gasteiger partial charge is 0.138 e. The summed E-state index contributed by atoms with van der Waals surface area (Å²) >= 11 is 0. The number of aliphatic hydroxyl groups is 1. The second-order valence-electron chi connectivity index (χ2n) is 4.64. The molecule has 1 aliphatic carbocycles. The number of nitrogens with zero attached hydrogens (tertiary/aromatic N) is 1. The predicted molar refractivity (Wildman–Crippen MR) is 71.9 cm³/mol. The predicted octanol–water partition coefficient (Wildman–Crippen LogP) is 1.76. The van der Waals surface area contributed by atoms with Crippen molar-refractivity contribution >= 4 is 0 Å². The molecule has 0 aliphatic heterocycles. The molecule has 1 heterocycles. The summed E-state index contributed by atoms with van der Waals surface area (Å²) in [5.74, 6) is 6.80. The lowest BCUT2D eigenvalue weighted by atomic mass is 9.92. The first-order valence-electron chi connectivity index (χ1n) is 6.56. The molecule has 0 radical (unpaired) electrons. The first-order chi connectivity index (χ1) is 9.28. The fourth-order valence-corrected chi connectivity index (χ4v) is 1.81. The van der Waals surface area contributed by atoms with Gasteiger partial charge in [0.15, 0.2) is 0 Å². The van der Waals surface area contributed by atoms with Crippen molar-refractivity contribution in [1.82, 2.24) is 4.98 Å². The summed E-state index contributed by atoms with van der Waals surface area (Å²) in [6.45, 7) is 0.738. The molecule has 0 saturated heterocycles. The van der Waals surface area contributed by atoms with Gasteiger partial charge in [-0.05, 0) is 24.5 Å². The maximum atomic E-state index is 9.18. The third-order valence-electron chi connectivity index (χ3n) is 2.98. The summed E-state index contributed by atoms with van der Waals surface area (Å²) in [6, 6.07) is 3.73. The lowest BCUT2D eigenvalue weighted by Gasteiger charge is -2.31. The summed E-state index contributed by atoms with van der Waals surface area (Å²) in [5.41, 5.74) is 0.749. The molecule has 102 valence electrons. The molecule has 2 rings (SSSR count). The van der Waals surface area contributed by atoms with Gasteiger partial charge in [-0.25, -0.2) is 4.98 Å². The van der Waals surface area contributed by atoms with Gasteiger partial charge in [0.1, 0.15) is 17.5 Å². The Morgan fingerprint density at radius 3 is 2.89 bits per heavy atom. The molecule has 1 aromatic rings. The zero-order chi connectivity index (χ0) is 13.5. The molecule has 1 aliphatic rings. The Kier molecular flexibility index (Phi) is 5.20. The summed E-state index contributed by atoms with van der Waals surface area (Å²) in [7, 11) is 1.69. The van der Waals surface area contributed by atoms with Gasteiger partial charge in [-0.15, -0.1) is 0 Å². The van der Waals surface area contributed by atoms with Crippen LogP contribution in [0.15, 0.2) is 18.3 Å². The number of ether oxygens (including phenoxy) is 2. The van der Waals surface area contributed by atoms with Crippen LogP contribution in [0.1, 0.15) is 31.4 Å². The van der Waals surface area contributed by atoms with E-state index in [1.54, 1.807) is 13.3 Å². The van der Waals surface area contributed by atoms with Crippen LogP contribution in [-0.4, -0.2) is 36.0 Å². The third kappa shape index (κ3) is 4.55. The topological polar surface area (TPSA) is 51.6 Å². The standard InChI is InChI=1S/C15H19NO3/c1-18-8-4-2-3-5-12-6-7-14(11-16-12)19-15-9-13(17)10-15/h6-7,11,13,15,17H,2,4,8-10H2,1H3/t13-,15-. The molecule has 0 spiro atoms. The Morgan fingerprint density at radius 2 is 2.26 bits per heavy atom. The van der Waals surface area contributed by atoms with E-state index in [2.05, 4.69) is 16.8 Å². The highest BCUT2D eigenvalue weighted by molar-refractivity contribution is 5.31. The molecular formula is C15H19NO3. The van der Waals surface area contributed by atoms with Crippen molar-refractivity contribution < 1.29 is 14.6 Å². The van der Waals surface area contributed by atoms with Gasteiger partial charge in [0.05, 0.1) is 12.3 Å². The van der Waals surface area contributed by atoms with Crippen LogP contribution in [0.5, 0.6) is 5.75 Å². The summed E-state index contributed by atoms with van der Waals surface area (Å²) in [4.78, 5) is 4.23. The van der Waals surface area contributed by atoms with Crippen molar-refractivity contribution in [2.75, 3.05) is 13.7 Å². The van der Waals surface area contributed by atoms with E-state index in [0.29, 0.717) is 12.8 Å². The molecule has 0 atom stereocenters. The lowest BCUT2D eigenvalue weighted by molar-refractivity contribution is -0.0109. The SMILES string of the molecule is COCCCC#Cc1ccc(O[C@H]2C[C@H](O)C2)cn1. The van der Waals surface area contributed by atoms with Gasteiger partial charge < -0.3 is 14.6 Å². The monoisotopic (exact) mass is 261 g/mol. The molecule has 4 heteroatoms. The van der Waals surface area contributed by atoms with Crippen LogP contribution in [0.3, 0.4) is 0 Å². The van der Waals surface area contributed by atoms with E-state index in [0.717, 1.165) is 30.9 Å². The molecule has 4 nitrogen and oxygen atoms in total. The van der Waals surface area contributed by atoms with Crippen LogP contribution >= 0.6 is 0 Å². The fraction of sp³-hybridized carbons (Fsp3) is 0.533. The van der Waals surface area contributed by atoms with Crippen molar-refractivity contribution in [3.8, 4) is 17.6 Å². The molecular weight excluding hydrogens is 242 g/mol. The van der Waals surface area contributed by atoms with Crippen molar-refractivity contribution in [2.24, 2.45) is 0 Å². The van der Waals surface area contributed by atoms with E-state index in [1.165, 1.54) is 0 Å². The normalized spacial score (nSPS) is 21.2. The Hall–Kier alpha value is -1.57. The molecule has 0 unspecified atom stereocenters. The number of aliphatic hydroxyl groups excluding tert-OH is 1. The maximum Gasteiger partial charge on any atom is 0.138 e. The molecule has 0 bridgehead atoms. The van der Waals surface area contributed by atoms with E-state index >= 15 is 0 Å². The van der Waals surface area contributed by atoms with Gasteiger partial charge in [-0.1, -0.05) is 5.92 Å². The minimum Gasteiger partial charge on any atom is -0.489 e. The number of methoxy groups -OCH3 is 1. The maximum absolute atomic E-state index is 9.18. The van der Waals surface area contributed by atoms with Gasteiger partial charge in [-0.3, -0.25) is 0 Å². The number of hydrogen-bond donors (Lipinski definition) is 1. The van der Waals surface area contributed by atoms with E-state index in [1.807, 2.05) is 12.1 Å². The second-order valence-corrected chi connectivity index (χ2v) is 4.64. The highest BCUT2D eigenvalue weighted by Gasteiger charge is 2.28. The quantitative estimate of drug-likeness (QED) is 0.648. The Labute approximate surface area is 113 Å². The zero-order valence-electron chi connectivity index (χ0n) is 11.1. The molecule has 19 heavy (non-hydrogen) atoms. The number of aromatic nitrogens is 1. The second kappa shape index (κ2) is 7.13. The average Bonchev–Trinajstić information content (AvgIpc) is 2.39. The van der Waals surface area contributed by atoms with Crippen molar-refractivity contribution in [2.45, 2.75) is 37.9 Å². The first kappa shape index (κ1) is 13.9. The Bertz CT molecular complexity index is 441. The minimum atomic E-state index is -0.199. The lowest BCUT2D eigenvalue weighted by Crippen LogP contribution is -2.37. The Balaban J connectivity index is 1.77. The first-order valence-corrected chi connectivity index (χ1v) is 6.56. The molecule has 0 aromatic carbocycles. The average molecular weight is 261 g/mol. The number of unbranched alkanes of at least 4 members (excludes halogenated alkanes) is 1. The summed E-state index contributed by atoms with van der Waals surface area (Å²) < 4.78 is 10.6. The van der Waals surface area contributed by atoms with Crippen LogP contribution in [0.4, 0.5) is 0 Å². The molecule has 1 N–H and O–H groups in total. The van der Waals surface area contributed by atoms with Gasteiger partial charge in [-0.2, -0.15) is 0 Å². The summed E-state index contributed by atoms with van der Waals surface area (Å²) in [6.07, 6.45) is 4.78. The van der Waals surface area contributed by atoms with Gasteiger partial charge in [0.2, 0.25) is 0 Å². The van der Waals surface area contributed by atoms with Gasteiger partial charge >= 0.3 is 0 Å². The zero-order valence-corrected chi connectivity index (χ0v) is 11.1. The highest BCUT2D eigenvalue weighted by Crippen LogP contribution is 2.25. The van der Waals surface area contributed by atoms with E-state index in [9.17, 15) is 5.11 Å². The molecule has 1 aromatic heterocycles. The van der Waals surface area contributed by atoms with Crippen LogP contribution in [0, 0.1) is 11.8 Å². The van der Waals surface area contributed by atoms with Crippen LogP contribution in [-0.2, 0) is 4.74 Å². The molecule has 1 saturated carbocycles. The van der Waals surface area contributed by atoms with Crippen LogP contribution in [0.25, 0.3) is 0 Å². The van der Waals surface area contributed by atoms with E-state index < -0.39 is 0 Å². The molecule has 1 fully saturated rings. The van der Waals surface area contributed by atoms with Crippen molar-refractivity contribution in [3.63, 3.8) is 0 Å². The van der Waals surface area contributed by atoms with Crippen LogP contribution < -0.4 is 4.74 Å². The number of pyridine rings is 1. The number of hydrogen-bond acceptors (Lipinski definition) is 4. The van der Waals surface area contributed by atoms with E-state index in [-0.39, 0.29) is 12.2 Å². The van der Waals surface area contributed by atoms with E-state index in [4.69, 9.17) is 9.47 Å². The van der Waals surface area contributed by atoms with Crippen molar-refractivity contribution in [1.29, 1.82) is 0 Å². The van der Waals surface area contributed by atoms with Crippen molar-refractivity contribution in [3.05, 3.63) is 24.0 Å². The van der Waals surface area contributed by atoms with Gasteiger partial charge in [0, 0.05) is 33.0 Å². The fourth-order valence-electron chi connectivity index (χ4n) is 1.81. The molecule has 0 amide bonds. The van der Waals surface area contributed by atoms with Gasteiger partial charge in [0.25, 0.3) is 0 Å². The number of rotatable bonds is 5. The highest BCUT2D eigenvalue weighted by atomic mass is 16.5. The van der Waals surface area contributed by atoms with Crippen LogP contribution in [0.2, 0.25) is 0 Å². The summed E-state index contributed by atoms with van der Waals surface area (Å²) in [5, 5.41) is 9.18. The largest absolute Gasteiger partial charge is 0.489 e. The minimum absolute atomic E-state index is 0.128.